The van der Waals surface area contributed by atoms with E-state index in [0.717, 1.165) is 12.0 Å². The summed E-state index contributed by atoms with van der Waals surface area (Å²) in [5.74, 6) is 2.28. The maximum absolute atomic E-state index is 12.5. The molecule has 2 aromatic rings. The smallest absolute Gasteiger partial charge is 0.243 e. The summed E-state index contributed by atoms with van der Waals surface area (Å²) in [5, 5.41) is 15.6. The third-order valence-electron chi connectivity index (χ3n) is 5.14. The minimum atomic E-state index is -0.0400. The van der Waals surface area contributed by atoms with Crippen molar-refractivity contribution in [2.75, 3.05) is 0 Å². The van der Waals surface area contributed by atoms with E-state index >= 15 is 0 Å². The zero-order chi connectivity index (χ0) is 17.8. The van der Waals surface area contributed by atoms with E-state index in [0.29, 0.717) is 23.6 Å². The normalized spacial score (nSPS) is 23.6. The Morgan fingerprint density at radius 2 is 2.04 bits per heavy atom. The summed E-state index contributed by atoms with van der Waals surface area (Å²) in [7, 11) is 0. The maximum atomic E-state index is 12.5. The monoisotopic (exact) mass is 341 g/mol. The number of aromatic nitrogens is 4. The summed E-state index contributed by atoms with van der Waals surface area (Å²) < 4.78 is 0. The number of nitrogens with zero attached hydrogens (tertiary/aromatic N) is 4. The van der Waals surface area contributed by atoms with Crippen LogP contribution in [0.25, 0.3) is 11.4 Å². The molecule has 1 heterocycles. The highest BCUT2D eigenvalue weighted by atomic mass is 16.2. The van der Waals surface area contributed by atoms with Crippen molar-refractivity contribution >= 4 is 5.91 Å². The molecule has 1 saturated carbocycles. The summed E-state index contributed by atoms with van der Waals surface area (Å²) in [4.78, 5) is 13.8. The third kappa shape index (κ3) is 4.44. The molecule has 1 fully saturated rings. The van der Waals surface area contributed by atoms with Crippen molar-refractivity contribution in [2.24, 2.45) is 17.8 Å². The molecule has 1 aromatic heterocycles. The van der Waals surface area contributed by atoms with Gasteiger partial charge in [0, 0.05) is 11.6 Å². The van der Waals surface area contributed by atoms with Crippen molar-refractivity contribution in [1.82, 2.24) is 25.5 Å². The molecule has 3 unspecified atom stereocenters. The van der Waals surface area contributed by atoms with E-state index in [1.165, 1.54) is 17.6 Å². The molecule has 25 heavy (non-hydrogen) atoms. The standard InChI is InChI=1S/C19H27N5O/c1-13(2)16-10-9-14(3)11-17(16)20-18(25)12-24-22-19(21-23-24)15-7-5-4-6-8-15/h4-8,13-14,16-17H,9-12H2,1-3H3,(H,20,25). The number of amides is 1. The minimum absolute atomic E-state index is 0.0400. The summed E-state index contributed by atoms with van der Waals surface area (Å²) >= 11 is 0. The lowest BCUT2D eigenvalue weighted by Crippen LogP contribution is -2.46. The number of hydrogen-bond acceptors (Lipinski definition) is 4. The SMILES string of the molecule is CC1CCC(C(C)C)C(NC(=O)Cn2nnc(-c3ccccc3)n2)C1. The molecule has 0 bridgehead atoms. The predicted octanol–water partition coefficient (Wildman–Crippen LogP) is 2.92. The van der Waals surface area contributed by atoms with Gasteiger partial charge in [-0.15, -0.1) is 10.2 Å². The summed E-state index contributed by atoms with van der Waals surface area (Å²) in [5.41, 5.74) is 0.898. The number of carbonyl (C=O) groups is 1. The molecule has 134 valence electrons. The molecule has 1 aliphatic rings. The van der Waals surface area contributed by atoms with Gasteiger partial charge in [0.15, 0.2) is 0 Å². The lowest BCUT2D eigenvalue weighted by Gasteiger charge is -2.37. The number of nitrogens with one attached hydrogen (secondary N) is 1. The van der Waals surface area contributed by atoms with Gasteiger partial charge in [0.1, 0.15) is 6.54 Å². The fraction of sp³-hybridized carbons (Fsp3) is 0.579. The largest absolute Gasteiger partial charge is 0.351 e. The zero-order valence-corrected chi connectivity index (χ0v) is 15.2. The van der Waals surface area contributed by atoms with Crippen molar-refractivity contribution < 1.29 is 4.79 Å². The average molecular weight is 341 g/mol. The van der Waals surface area contributed by atoms with Gasteiger partial charge in [-0.2, -0.15) is 4.80 Å². The Balaban J connectivity index is 1.61. The van der Waals surface area contributed by atoms with Gasteiger partial charge in [0.2, 0.25) is 11.7 Å². The first-order valence-electron chi connectivity index (χ1n) is 9.15. The summed E-state index contributed by atoms with van der Waals surface area (Å²) in [6.45, 7) is 6.85. The van der Waals surface area contributed by atoms with Crippen LogP contribution < -0.4 is 5.32 Å². The fourth-order valence-electron chi connectivity index (χ4n) is 3.76. The molecule has 1 aromatic carbocycles. The van der Waals surface area contributed by atoms with Gasteiger partial charge in [-0.3, -0.25) is 4.79 Å². The van der Waals surface area contributed by atoms with Crippen LogP contribution in [0.1, 0.15) is 40.0 Å². The number of benzene rings is 1. The number of carbonyl (C=O) groups excluding carboxylic acids is 1. The third-order valence-corrected chi connectivity index (χ3v) is 5.14. The molecule has 3 rings (SSSR count). The molecule has 0 saturated heterocycles. The van der Waals surface area contributed by atoms with E-state index < -0.39 is 0 Å². The van der Waals surface area contributed by atoms with Crippen LogP contribution in [0.5, 0.6) is 0 Å². The Morgan fingerprint density at radius 1 is 1.28 bits per heavy atom. The van der Waals surface area contributed by atoms with Crippen molar-refractivity contribution in [3.63, 3.8) is 0 Å². The van der Waals surface area contributed by atoms with E-state index in [1.54, 1.807) is 0 Å². The lowest BCUT2D eigenvalue weighted by atomic mass is 9.74. The van der Waals surface area contributed by atoms with E-state index in [1.807, 2.05) is 30.3 Å². The maximum Gasteiger partial charge on any atom is 0.243 e. The van der Waals surface area contributed by atoms with Crippen LogP contribution in [0.2, 0.25) is 0 Å². The molecule has 1 amide bonds. The summed E-state index contributed by atoms with van der Waals surface area (Å²) in [6, 6.07) is 9.90. The number of rotatable bonds is 5. The van der Waals surface area contributed by atoms with Gasteiger partial charge < -0.3 is 5.32 Å². The molecular formula is C19H27N5O. The molecule has 0 radical (unpaired) electrons. The van der Waals surface area contributed by atoms with Crippen molar-refractivity contribution in [3.8, 4) is 11.4 Å². The fourth-order valence-corrected chi connectivity index (χ4v) is 3.76. The first-order valence-corrected chi connectivity index (χ1v) is 9.15. The topological polar surface area (TPSA) is 72.7 Å². The van der Waals surface area contributed by atoms with Crippen molar-refractivity contribution in [2.45, 2.75) is 52.6 Å². The molecule has 6 heteroatoms. The quantitative estimate of drug-likeness (QED) is 0.907. The van der Waals surface area contributed by atoms with E-state index in [2.05, 4.69) is 41.5 Å². The molecule has 1 N–H and O–H groups in total. The van der Waals surface area contributed by atoms with Crippen LogP contribution >= 0.6 is 0 Å². The van der Waals surface area contributed by atoms with Gasteiger partial charge in [0.05, 0.1) is 0 Å². The molecular weight excluding hydrogens is 314 g/mol. The van der Waals surface area contributed by atoms with Gasteiger partial charge in [-0.25, -0.2) is 0 Å². The summed E-state index contributed by atoms with van der Waals surface area (Å²) in [6.07, 6.45) is 3.48. The second kappa shape index (κ2) is 7.76. The Morgan fingerprint density at radius 3 is 2.76 bits per heavy atom. The Hall–Kier alpha value is -2.24. The zero-order valence-electron chi connectivity index (χ0n) is 15.2. The Kier molecular flexibility index (Phi) is 5.46. The van der Waals surface area contributed by atoms with Crippen LogP contribution in [0.4, 0.5) is 0 Å². The second-order valence-electron chi connectivity index (χ2n) is 7.51. The highest BCUT2D eigenvalue weighted by Gasteiger charge is 2.31. The van der Waals surface area contributed by atoms with Gasteiger partial charge in [-0.1, -0.05) is 57.5 Å². The van der Waals surface area contributed by atoms with E-state index in [9.17, 15) is 4.79 Å². The first kappa shape index (κ1) is 17.6. The van der Waals surface area contributed by atoms with Gasteiger partial charge >= 0.3 is 0 Å². The second-order valence-corrected chi connectivity index (χ2v) is 7.51. The van der Waals surface area contributed by atoms with Crippen LogP contribution in [-0.2, 0) is 11.3 Å². The van der Waals surface area contributed by atoms with E-state index in [-0.39, 0.29) is 18.5 Å². The number of hydrogen-bond donors (Lipinski definition) is 1. The van der Waals surface area contributed by atoms with Crippen LogP contribution in [0, 0.1) is 17.8 Å². The van der Waals surface area contributed by atoms with E-state index in [4.69, 9.17) is 0 Å². The van der Waals surface area contributed by atoms with Gasteiger partial charge in [0.25, 0.3) is 0 Å². The lowest BCUT2D eigenvalue weighted by molar-refractivity contribution is -0.123. The van der Waals surface area contributed by atoms with Crippen LogP contribution in [-0.4, -0.2) is 32.2 Å². The molecule has 3 atom stereocenters. The first-order chi connectivity index (χ1) is 12.0. The predicted molar refractivity (Wildman–Crippen MR) is 96.5 cm³/mol. The van der Waals surface area contributed by atoms with Gasteiger partial charge in [-0.05, 0) is 35.8 Å². The molecule has 0 aliphatic heterocycles. The molecule has 6 nitrogen and oxygen atoms in total. The van der Waals surface area contributed by atoms with Crippen LogP contribution in [0.3, 0.4) is 0 Å². The average Bonchev–Trinajstić information content (AvgIpc) is 3.03. The highest BCUT2D eigenvalue weighted by molar-refractivity contribution is 5.75. The Bertz CT molecular complexity index is 697. The minimum Gasteiger partial charge on any atom is -0.351 e. The Labute approximate surface area is 149 Å². The van der Waals surface area contributed by atoms with Crippen molar-refractivity contribution in [3.05, 3.63) is 30.3 Å². The molecule has 0 spiro atoms. The number of tetrazole rings is 1. The van der Waals surface area contributed by atoms with Crippen molar-refractivity contribution in [1.29, 1.82) is 0 Å². The highest BCUT2D eigenvalue weighted by Crippen LogP contribution is 2.33. The molecule has 1 aliphatic carbocycles. The van der Waals surface area contributed by atoms with Crippen LogP contribution in [0.15, 0.2) is 30.3 Å².